The maximum Gasteiger partial charge on any atom is 0.311 e. The first-order valence-electron chi connectivity index (χ1n) is 5.54. The van der Waals surface area contributed by atoms with Crippen LogP contribution in [0.25, 0.3) is 10.9 Å². The highest BCUT2D eigenvalue weighted by Gasteiger charge is 2.07. The number of nitrogens with one attached hydrogen (secondary N) is 2. The van der Waals surface area contributed by atoms with Gasteiger partial charge in [0.15, 0.2) is 0 Å². The van der Waals surface area contributed by atoms with Gasteiger partial charge in [-0.15, -0.1) is 0 Å². The Morgan fingerprint density at radius 3 is 2.78 bits per heavy atom. The van der Waals surface area contributed by atoms with Gasteiger partial charge in [0.25, 0.3) is 0 Å². The van der Waals surface area contributed by atoms with Gasteiger partial charge in [0.2, 0.25) is 5.91 Å². The van der Waals surface area contributed by atoms with Crippen molar-refractivity contribution in [1.82, 2.24) is 4.98 Å². The van der Waals surface area contributed by atoms with E-state index in [9.17, 15) is 9.59 Å². The van der Waals surface area contributed by atoms with Crippen molar-refractivity contribution < 1.29 is 14.3 Å². The summed E-state index contributed by atoms with van der Waals surface area (Å²) < 4.78 is 4.61. The van der Waals surface area contributed by atoms with Gasteiger partial charge in [-0.1, -0.05) is 0 Å². The van der Waals surface area contributed by atoms with E-state index in [0.29, 0.717) is 0 Å². The first kappa shape index (κ1) is 12.2. The number of carbonyl (C=O) groups is 2. The molecule has 0 atom stereocenters. The Labute approximate surface area is 104 Å². The number of fused-ring (bicyclic) bond motifs is 1. The van der Waals surface area contributed by atoms with E-state index in [2.05, 4.69) is 15.0 Å². The molecule has 0 radical (unpaired) electrons. The molecule has 0 unspecified atom stereocenters. The largest absolute Gasteiger partial charge is 0.469 e. The molecule has 5 heteroatoms. The molecule has 2 N–H and O–H groups in total. The number of carbonyl (C=O) groups excluding carboxylic acids is 2. The van der Waals surface area contributed by atoms with Crippen LogP contribution in [-0.2, 0) is 20.7 Å². The Balaban J connectivity index is 2.27. The molecule has 0 aliphatic carbocycles. The van der Waals surface area contributed by atoms with E-state index in [1.807, 2.05) is 24.3 Å². The van der Waals surface area contributed by atoms with Crippen molar-refractivity contribution in [2.24, 2.45) is 0 Å². The molecule has 0 aliphatic rings. The lowest BCUT2D eigenvalue weighted by Gasteiger charge is -2.00. The summed E-state index contributed by atoms with van der Waals surface area (Å²) in [6, 6.07) is 7.40. The molecule has 94 valence electrons. The molecule has 1 aromatic carbocycles. The number of anilines is 1. The Hall–Kier alpha value is -2.30. The smallest absolute Gasteiger partial charge is 0.311 e. The van der Waals surface area contributed by atoms with Crippen molar-refractivity contribution in [2.45, 2.75) is 13.3 Å². The molecule has 5 nitrogen and oxygen atoms in total. The molecule has 0 saturated heterocycles. The fourth-order valence-electron chi connectivity index (χ4n) is 1.80. The summed E-state index contributed by atoms with van der Waals surface area (Å²) in [7, 11) is 1.36. The molecule has 0 spiro atoms. The van der Waals surface area contributed by atoms with Crippen molar-refractivity contribution in [2.75, 3.05) is 12.4 Å². The normalized spacial score (nSPS) is 10.3. The van der Waals surface area contributed by atoms with Gasteiger partial charge in [-0.2, -0.15) is 0 Å². The molecule has 2 aromatic rings. The second-order valence-electron chi connectivity index (χ2n) is 4.03. The minimum atomic E-state index is -0.288. The van der Waals surface area contributed by atoms with Crippen LogP contribution in [-0.4, -0.2) is 24.0 Å². The number of aromatic amines is 1. The predicted octanol–water partition coefficient (Wildman–Crippen LogP) is 1.84. The van der Waals surface area contributed by atoms with E-state index in [1.165, 1.54) is 14.0 Å². The van der Waals surface area contributed by atoms with Crippen molar-refractivity contribution in [1.29, 1.82) is 0 Å². The fraction of sp³-hybridized carbons (Fsp3) is 0.231. The van der Waals surface area contributed by atoms with Gasteiger partial charge < -0.3 is 15.0 Å². The van der Waals surface area contributed by atoms with Gasteiger partial charge in [-0.05, 0) is 24.3 Å². The summed E-state index contributed by atoms with van der Waals surface area (Å²) in [6.45, 7) is 1.46. The van der Waals surface area contributed by atoms with Crippen molar-refractivity contribution in [3.63, 3.8) is 0 Å². The highest BCUT2D eigenvalue weighted by Crippen LogP contribution is 2.20. The third-order valence-electron chi connectivity index (χ3n) is 2.56. The van der Waals surface area contributed by atoms with Crippen LogP contribution >= 0.6 is 0 Å². The summed E-state index contributed by atoms with van der Waals surface area (Å²) in [4.78, 5) is 25.3. The molecule has 1 aromatic heterocycles. The van der Waals surface area contributed by atoms with Crippen molar-refractivity contribution in [3.8, 4) is 0 Å². The minimum Gasteiger partial charge on any atom is -0.469 e. The Morgan fingerprint density at radius 2 is 2.11 bits per heavy atom. The van der Waals surface area contributed by atoms with Gasteiger partial charge in [-0.3, -0.25) is 9.59 Å². The summed E-state index contributed by atoms with van der Waals surface area (Å²) >= 11 is 0. The maximum absolute atomic E-state index is 11.2. The summed E-state index contributed by atoms with van der Waals surface area (Å²) in [5.74, 6) is -0.400. The fourth-order valence-corrected chi connectivity index (χ4v) is 1.80. The van der Waals surface area contributed by atoms with Crippen LogP contribution in [0.1, 0.15) is 12.6 Å². The van der Waals surface area contributed by atoms with Gasteiger partial charge in [0.05, 0.1) is 13.5 Å². The predicted molar refractivity (Wildman–Crippen MR) is 68.3 cm³/mol. The first-order valence-corrected chi connectivity index (χ1v) is 5.54. The van der Waals surface area contributed by atoms with Gasteiger partial charge >= 0.3 is 5.97 Å². The van der Waals surface area contributed by atoms with Crippen molar-refractivity contribution in [3.05, 3.63) is 30.0 Å². The molecule has 0 bridgehead atoms. The Bertz CT molecular complexity index is 601. The lowest BCUT2D eigenvalue weighted by Crippen LogP contribution is -2.05. The van der Waals surface area contributed by atoms with E-state index < -0.39 is 0 Å². The van der Waals surface area contributed by atoms with Crippen LogP contribution in [0.4, 0.5) is 5.69 Å². The first-order chi connectivity index (χ1) is 8.58. The number of methoxy groups -OCH3 is 1. The highest BCUT2D eigenvalue weighted by molar-refractivity contribution is 5.92. The number of hydrogen-bond donors (Lipinski definition) is 2. The van der Waals surface area contributed by atoms with Crippen LogP contribution in [0, 0.1) is 0 Å². The lowest BCUT2D eigenvalue weighted by molar-refractivity contribution is -0.139. The Kier molecular flexibility index (Phi) is 3.32. The van der Waals surface area contributed by atoms with Gasteiger partial charge in [-0.25, -0.2) is 0 Å². The van der Waals surface area contributed by atoms with Crippen LogP contribution in [0.15, 0.2) is 24.3 Å². The quantitative estimate of drug-likeness (QED) is 0.812. The summed E-state index contributed by atoms with van der Waals surface area (Å²) in [5, 5.41) is 3.66. The standard InChI is InChI=1S/C13H14N2O3/c1-8(16)14-10-3-4-12-9(5-10)6-11(15-12)7-13(17)18-2/h3-6,15H,7H2,1-2H3,(H,14,16). The number of hydrogen-bond acceptors (Lipinski definition) is 3. The third-order valence-corrected chi connectivity index (χ3v) is 2.56. The van der Waals surface area contributed by atoms with Crippen LogP contribution in [0.3, 0.4) is 0 Å². The SMILES string of the molecule is COC(=O)Cc1cc2cc(NC(C)=O)ccc2[nH]1. The highest BCUT2D eigenvalue weighted by atomic mass is 16.5. The lowest BCUT2D eigenvalue weighted by atomic mass is 10.2. The van der Waals surface area contributed by atoms with Gasteiger partial charge in [0.1, 0.15) is 0 Å². The average Bonchev–Trinajstić information content (AvgIpc) is 2.69. The second kappa shape index (κ2) is 4.91. The Morgan fingerprint density at radius 1 is 1.33 bits per heavy atom. The molecule has 0 aliphatic heterocycles. The average molecular weight is 246 g/mol. The molecule has 0 fully saturated rings. The number of aromatic nitrogens is 1. The third kappa shape index (κ3) is 2.68. The van der Waals surface area contributed by atoms with E-state index >= 15 is 0 Å². The number of rotatable bonds is 3. The second-order valence-corrected chi connectivity index (χ2v) is 4.03. The van der Waals surface area contributed by atoms with E-state index in [-0.39, 0.29) is 18.3 Å². The van der Waals surface area contributed by atoms with Crippen LogP contribution in [0.5, 0.6) is 0 Å². The molecule has 1 amide bonds. The molecule has 1 heterocycles. The zero-order valence-electron chi connectivity index (χ0n) is 10.2. The zero-order valence-corrected chi connectivity index (χ0v) is 10.2. The van der Waals surface area contributed by atoms with Crippen LogP contribution in [0.2, 0.25) is 0 Å². The zero-order chi connectivity index (χ0) is 13.1. The molecule has 0 saturated carbocycles. The number of amides is 1. The summed E-state index contributed by atoms with van der Waals surface area (Å²) in [6.07, 6.45) is 0.209. The van der Waals surface area contributed by atoms with E-state index in [1.54, 1.807) is 0 Å². The van der Waals surface area contributed by atoms with E-state index in [4.69, 9.17) is 0 Å². The molecular weight excluding hydrogens is 232 g/mol. The summed E-state index contributed by atoms with van der Waals surface area (Å²) in [5.41, 5.74) is 2.44. The number of H-pyrrole nitrogens is 1. The van der Waals surface area contributed by atoms with Crippen LogP contribution < -0.4 is 5.32 Å². The van der Waals surface area contributed by atoms with Gasteiger partial charge in [0, 0.05) is 29.2 Å². The number of esters is 1. The number of ether oxygens (including phenoxy) is 1. The molecule has 18 heavy (non-hydrogen) atoms. The van der Waals surface area contributed by atoms with Crippen molar-refractivity contribution >= 4 is 28.5 Å². The number of benzene rings is 1. The molecule has 2 rings (SSSR count). The maximum atomic E-state index is 11.2. The monoisotopic (exact) mass is 246 g/mol. The molecular formula is C13H14N2O3. The van der Waals surface area contributed by atoms with E-state index in [0.717, 1.165) is 22.3 Å². The topological polar surface area (TPSA) is 71.2 Å². The minimum absolute atomic E-state index is 0.111.